The molecular weight excluding hydrogens is 377 g/mol. The number of H-pyrrole nitrogens is 1. The van der Waals surface area contributed by atoms with Crippen molar-refractivity contribution in [2.75, 3.05) is 6.54 Å². The van der Waals surface area contributed by atoms with Gasteiger partial charge in [-0.1, -0.05) is 29.3 Å². The smallest absolute Gasteiger partial charge is 0.255 e. The predicted molar refractivity (Wildman–Crippen MR) is 102 cm³/mol. The molecule has 0 bridgehead atoms. The molecule has 1 aromatic carbocycles. The molecule has 0 atom stereocenters. The number of hydrogen-bond acceptors (Lipinski definition) is 4. The van der Waals surface area contributed by atoms with Crippen LogP contribution in [0.15, 0.2) is 40.5 Å². The maximum atomic E-state index is 12.5. The second-order valence-electron chi connectivity index (χ2n) is 6.06. The Labute approximate surface area is 159 Å². The molecule has 1 N–H and O–H groups in total. The fraction of sp³-hybridized carbons (Fsp3) is 0.222. The third-order valence-corrected chi connectivity index (χ3v) is 5.54. The van der Waals surface area contributed by atoms with Crippen LogP contribution in [0.5, 0.6) is 0 Å². The van der Waals surface area contributed by atoms with E-state index < -0.39 is 0 Å². The second-order valence-corrected chi connectivity index (χ2v) is 7.88. The first kappa shape index (κ1) is 16.8. The van der Waals surface area contributed by atoms with Crippen molar-refractivity contribution in [3.63, 3.8) is 0 Å². The molecule has 0 saturated heterocycles. The van der Waals surface area contributed by atoms with E-state index in [2.05, 4.69) is 14.9 Å². The van der Waals surface area contributed by atoms with Gasteiger partial charge in [0.25, 0.3) is 5.56 Å². The molecule has 4 nitrogen and oxygen atoms in total. The molecule has 0 spiro atoms. The molecule has 4 rings (SSSR count). The first-order valence-corrected chi connectivity index (χ1v) is 9.55. The Morgan fingerprint density at radius 2 is 2.04 bits per heavy atom. The Morgan fingerprint density at radius 3 is 2.76 bits per heavy atom. The number of aromatic amines is 1. The van der Waals surface area contributed by atoms with Gasteiger partial charge in [0.2, 0.25) is 0 Å². The molecule has 0 amide bonds. The van der Waals surface area contributed by atoms with Gasteiger partial charge in [-0.2, -0.15) is 0 Å². The standard InChI is InChI=1S/C18H15Cl2N3OS/c19-12-6-11(7-13(20)8-12)9-23-4-3-15-14(10-23)18(24)22-17(21-15)16-2-1-5-25-16/h1-2,5-8H,3-4,9-10H2,(H,21,22,24). The topological polar surface area (TPSA) is 49.0 Å². The highest BCUT2D eigenvalue weighted by Gasteiger charge is 2.22. The summed E-state index contributed by atoms with van der Waals surface area (Å²) in [5.74, 6) is 0.661. The average Bonchev–Trinajstić information content (AvgIpc) is 3.09. The maximum absolute atomic E-state index is 12.5. The largest absolute Gasteiger partial charge is 0.306 e. The van der Waals surface area contributed by atoms with Crippen LogP contribution in [0.3, 0.4) is 0 Å². The van der Waals surface area contributed by atoms with E-state index in [9.17, 15) is 4.79 Å². The summed E-state index contributed by atoms with van der Waals surface area (Å²) in [6, 6.07) is 9.46. The van der Waals surface area contributed by atoms with Crippen molar-refractivity contribution in [1.29, 1.82) is 0 Å². The minimum atomic E-state index is -0.0535. The highest BCUT2D eigenvalue weighted by Crippen LogP contribution is 2.24. The Kier molecular flexibility index (Phi) is 4.65. The summed E-state index contributed by atoms with van der Waals surface area (Å²) >= 11 is 13.7. The molecule has 0 radical (unpaired) electrons. The SMILES string of the molecule is O=c1[nH]c(-c2cccs2)nc2c1CN(Cc1cc(Cl)cc(Cl)c1)CC2. The molecule has 3 heterocycles. The summed E-state index contributed by atoms with van der Waals surface area (Å²) in [5.41, 5.74) is 2.63. The van der Waals surface area contributed by atoms with Gasteiger partial charge >= 0.3 is 0 Å². The lowest BCUT2D eigenvalue weighted by molar-refractivity contribution is 0.242. The molecule has 3 aromatic rings. The van der Waals surface area contributed by atoms with Crippen LogP contribution in [0, 0.1) is 0 Å². The van der Waals surface area contributed by atoms with Gasteiger partial charge in [0.1, 0.15) is 0 Å². The number of nitrogens with one attached hydrogen (secondary N) is 1. The van der Waals surface area contributed by atoms with Crippen LogP contribution in [0.2, 0.25) is 10.0 Å². The summed E-state index contributed by atoms with van der Waals surface area (Å²) in [6.45, 7) is 2.12. The lowest BCUT2D eigenvalue weighted by Crippen LogP contribution is -2.35. The van der Waals surface area contributed by atoms with E-state index in [1.165, 1.54) is 0 Å². The predicted octanol–water partition coefficient (Wildman–Crippen LogP) is 4.36. The number of aromatic nitrogens is 2. The van der Waals surface area contributed by atoms with Crippen molar-refractivity contribution in [2.24, 2.45) is 0 Å². The van der Waals surface area contributed by atoms with Gasteiger partial charge in [0, 0.05) is 36.1 Å². The van der Waals surface area contributed by atoms with E-state index in [-0.39, 0.29) is 5.56 Å². The van der Waals surface area contributed by atoms with E-state index in [4.69, 9.17) is 23.2 Å². The van der Waals surface area contributed by atoms with Gasteiger partial charge in [-0.15, -0.1) is 11.3 Å². The number of nitrogens with zero attached hydrogens (tertiary/aromatic N) is 2. The van der Waals surface area contributed by atoms with Crippen LogP contribution in [0.1, 0.15) is 16.8 Å². The van der Waals surface area contributed by atoms with Gasteiger partial charge in [-0.3, -0.25) is 9.69 Å². The zero-order valence-corrected chi connectivity index (χ0v) is 15.6. The highest BCUT2D eigenvalue weighted by atomic mass is 35.5. The third kappa shape index (κ3) is 3.65. The van der Waals surface area contributed by atoms with Crippen LogP contribution in [0.4, 0.5) is 0 Å². The van der Waals surface area contributed by atoms with E-state index in [0.717, 1.165) is 34.7 Å². The van der Waals surface area contributed by atoms with Crippen molar-refractivity contribution in [3.05, 3.63) is 72.9 Å². The quantitative estimate of drug-likeness (QED) is 0.721. The van der Waals surface area contributed by atoms with E-state index in [1.54, 1.807) is 17.4 Å². The van der Waals surface area contributed by atoms with E-state index in [1.807, 2.05) is 29.6 Å². The molecule has 128 valence electrons. The van der Waals surface area contributed by atoms with Crippen molar-refractivity contribution < 1.29 is 0 Å². The molecule has 7 heteroatoms. The van der Waals surface area contributed by atoms with Crippen LogP contribution >= 0.6 is 34.5 Å². The van der Waals surface area contributed by atoms with Crippen LogP contribution in [-0.2, 0) is 19.5 Å². The fourth-order valence-electron chi connectivity index (χ4n) is 3.11. The highest BCUT2D eigenvalue weighted by molar-refractivity contribution is 7.13. The molecular formula is C18H15Cl2N3OS. The van der Waals surface area contributed by atoms with Gasteiger partial charge in [-0.05, 0) is 35.2 Å². The van der Waals surface area contributed by atoms with Crippen LogP contribution in [0.25, 0.3) is 10.7 Å². The van der Waals surface area contributed by atoms with E-state index >= 15 is 0 Å². The number of thiophene rings is 1. The second kappa shape index (κ2) is 6.92. The molecule has 0 aliphatic carbocycles. The Balaban J connectivity index is 1.58. The zero-order valence-electron chi connectivity index (χ0n) is 13.3. The van der Waals surface area contributed by atoms with Crippen molar-refractivity contribution in [1.82, 2.24) is 14.9 Å². The van der Waals surface area contributed by atoms with Crippen molar-refractivity contribution in [3.8, 4) is 10.7 Å². The lowest BCUT2D eigenvalue weighted by Gasteiger charge is -2.27. The lowest BCUT2D eigenvalue weighted by atomic mass is 10.1. The summed E-state index contributed by atoms with van der Waals surface area (Å²) < 4.78 is 0. The Bertz CT molecular complexity index is 949. The van der Waals surface area contributed by atoms with E-state index in [0.29, 0.717) is 29.0 Å². The maximum Gasteiger partial charge on any atom is 0.255 e. The van der Waals surface area contributed by atoms with Gasteiger partial charge in [0.05, 0.1) is 16.1 Å². The summed E-state index contributed by atoms with van der Waals surface area (Å²) in [5, 5.41) is 3.23. The molecule has 0 saturated carbocycles. The van der Waals surface area contributed by atoms with Crippen molar-refractivity contribution >= 4 is 34.5 Å². The Morgan fingerprint density at radius 1 is 1.24 bits per heavy atom. The first-order chi connectivity index (χ1) is 12.1. The number of benzene rings is 1. The minimum absolute atomic E-state index is 0.0535. The van der Waals surface area contributed by atoms with Gasteiger partial charge in [-0.25, -0.2) is 4.98 Å². The fourth-order valence-corrected chi connectivity index (χ4v) is 4.35. The molecule has 25 heavy (non-hydrogen) atoms. The molecule has 0 fully saturated rings. The summed E-state index contributed by atoms with van der Waals surface area (Å²) in [7, 11) is 0. The summed E-state index contributed by atoms with van der Waals surface area (Å²) in [4.78, 5) is 23.3. The van der Waals surface area contributed by atoms with Gasteiger partial charge in [0.15, 0.2) is 5.82 Å². The monoisotopic (exact) mass is 391 g/mol. The normalized spacial score (nSPS) is 14.5. The summed E-state index contributed by atoms with van der Waals surface area (Å²) in [6.07, 6.45) is 0.756. The van der Waals surface area contributed by atoms with Crippen LogP contribution in [-0.4, -0.2) is 21.4 Å². The average molecular weight is 392 g/mol. The number of fused-ring (bicyclic) bond motifs is 1. The third-order valence-electron chi connectivity index (χ3n) is 4.23. The molecule has 1 aliphatic heterocycles. The number of hydrogen-bond donors (Lipinski definition) is 1. The number of halogens is 2. The molecule has 0 unspecified atom stereocenters. The van der Waals surface area contributed by atoms with Crippen LogP contribution < -0.4 is 5.56 Å². The molecule has 2 aromatic heterocycles. The molecule has 1 aliphatic rings. The van der Waals surface area contributed by atoms with Crippen molar-refractivity contribution in [2.45, 2.75) is 19.5 Å². The minimum Gasteiger partial charge on any atom is -0.306 e. The number of rotatable bonds is 3. The van der Waals surface area contributed by atoms with Gasteiger partial charge < -0.3 is 4.98 Å². The zero-order chi connectivity index (χ0) is 17.4. The Hall–Kier alpha value is -1.66. The first-order valence-electron chi connectivity index (χ1n) is 7.92.